The average Bonchev–Trinajstić information content (AvgIpc) is 3.86. The molecular weight excluding hydrogens is 645 g/mol. The van der Waals surface area contributed by atoms with E-state index in [4.69, 9.17) is 19.8 Å². The van der Waals surface area contributed by atoms with Gasteiger partial charge in [-0.3, -0.25) is 5.41 Å². The van der Waals surface area contributed by atoms with E-state index in [2.05, 4.69) is 108 Å². The molecule has 3 heterocycles. The van der Waals surface area contributed by atoms with Crippen LogP contribution >= 0.6 is 11.3 Å². The van der Waals surface area contributed by atoms with Crippen LogP contribution in [0.25, 0.3) is 69.6 Å². The lowest BCUT2D eigenvalue weighted by atomic mass is 10.0. The van der Waals surface area contributed by atoms with Gasteiger partial charge in [-0.1, -0.05) is 109 Å². The number of nitrogens with zero attached hydrogens (tertiary/aromatic N) is 3. The number of amidine groups is 2. The van der Waals surface area contributed by atoms with Crippen molar-refractivity contribution in [3.8, 4) is 5.69 Å². The fourth-order valence-corrected chi connectivity index (χ4v) is 8.59. The molecule has 6 heteroatoms. The zero-order chi connectivity index (χ0) is 33.9. The summed E-state index contributed by atoms with van der Waals surface area (Å²) in [5.41, 5.74) is 6.53. The van der Waals surface area contributed by atoms with Crippen LogP contribution in [0.15, 0.2) is 166 Å². The Morgan fingerprint density at radius 1 is 0.706 bits per heavy atom. The summed E-state index contributed by atoms with van der Waals surface area (Å²) in [6, 6.07) is 44.1. The summed E-state index contributed by atoms with van der Waals surface area (Å²) in [7, 11) is 0. The van der Waals surface area contributed by atoms with Crippen LogP contribution in [0.5, 0.6) is 0 Å². The summed E-state index contributed by atoms with van der Waals surface area (Å²) in [6.07, 6.45) is 11.2. The first-order valence-corrected chi connectivity index (χ1v) is 17.9. The number of rotatable bonds is 4. The minimum Gasteiger partial charge on any atom is -0.456 e. The van der Waals surface area contributed by atoms with E-state index in [1.54, 1.807) is 0 Å². The number of allylic oxidation sites excluding steroid dienone is 4. The molecule has 6 aromatic carbocycles. The third-order valence-corrected chi connectivity index (χ3v) is 11.0. The SMILES string of the molecule is N=C(/N=C(\N=C\C1C=CC=CC1)c1ccc2c(c1)oc1cc(-n3c4ccccc4c4ccc5c6ccccc6sc5c43)ccc12)c1ccccc1. The number of aliphatic imine (C=N–C) groups is 2. The van der Waals surface area contributed by atoms with Crippen molar-refractivity contribution in [3.05, 3.63) is 163 Å². The molecule has 0 amide bonds. The maximum atomic E-state index is 8.76. The monoisotopic (exact) mass is 674 g/mol. The van der Waals surface area contributed by atoms with Crippen molar-refractivity contribution in [3.63, 3.8) is 0 Å². The highest BCUT2D eigenvalue weighted by atomic mass is 32.1. The highest BCUT2D eigenvalue weighted by Crippen LogP contribution is 2.43. The second kappa shape index (κ2) is 11.9. The minimum absolute atomic E-state index is 0.162. The topological polar surface area (TPSA) is 66.6 Å². The fourth-order valence-electron chi connectivity index (χ4n) is 7.35. The Morgan fingerprint density at radius 3 is 2.31 bits per heavy atom. The van der Waals surface area contributed by atoms with Crippen LogP contribution in [0.2, 0.25) is 0 Å². The van der Waals surface area contributed by atoms with Gasteiger partial charge in [-0.15, -0.1) is 11.3 Å². The molecule has 0 fully saturated rings. The Labute approximate surface area is 297 Å². The molecule has 3 aromatic heterocycles. The first kappa shape index (κ1) is 29.5. The number of hydrogen-bond donors (Lipinski definition) is 1. The van der Waals surface area contributed by atoms with Gasteiger partial charge < -0.3 is 8.98 Å². The first-order chi connectivity index (χ1) is 25.2. The van der Waals surface area contributed by atoms with Crippen LogP contribution in [0.3, 0.4) is 0 Å². The number of benzene rings is 6. The minimum atomic E-state index is 0.162. The lowest BCUT2D eigenvalue weighted by Crippen LogP contribution is -2.07. The maximum absolute atomic E-state index is 8.76. The zero-order valence-electron chi connectivity index (χ0n) is 27.5. The fraction of sp³-hybridized carbons (Fsp3) is 0.0444. The van der Waals surface area contributed by atoms with Crippen LogP contribution in [-0.4, -0.2) is 22.5 Å². The molecule has 10 rings (SSSR count). The predicted molar refractivity (Wildman–Crippen MR) is 216 cm³/mol. The molecule has 51 heavy (non-hydrogen) atoms. The number of hydrogen-bond acceptors (Lipinski definition) is 3. The number of furan rings is 1. The number of fused-ring (bicyclic) bond motifs is 10. The Morgan fingerprint density at radius 2 is 1.45 bits per heavy atom. The van der Waals surface area contributed by atoms with Crippen molar-refractivity contribution in [1.82, 2.24) is 4.57 Å². The molecule has 9 aromatic rings. The summed E-state index contributed by atoms with van der Waals surface area (Å²) in [5.74, 6) is 0.816. The lowest BCUT2D eigenvalue weighted by Gasteiger charge is -2.08. The standard InChI is InChI=1S/C45H30N4OS/c46-44(29-13-5-2-6-14-29)48-45(47-27-28-11-3-1-4-12-28)30-19-21-33-34-22-20-31(26-40(34)50-39(33)25-30)49-38-17-9-7-15-32(38)36-23-24-37-35-16-8-10-18-41(35)51-43(37)42(36)49/h1-11,13-28,46H,12H2/b46-44?,47-27+,48-45-. The molecule has 5 nitrogen and oxygen atoms in total. The summed E-state index contributed by atoms with van der Waals surface area (Å²) in [5, 5.41) is 15.9. The van der Waals surface area contributed by atoms with Crippen LogP contribution < -0.4 is 0 Å². The van der Waals surface area contributed by atoms with Crippen molar-refractivity contribution >= 4 is 93.1 Å². The van der Waals surface area contributed by atoms with E-state index in [1.807, 2.05) is 66.1 Å². The largest absolute Gasteiger partial charge is 0.456 e. The van der Waals surface area contributed by atoms with Gasteiger partial charge in [0.1, 0.15) is 11.2 Å². The first-order valence-electron chi connectivity index (χ1n) is 17.1. The second-order valence-corrected chi connectivity index (χ2v) is 14.0. The molecule has 1 atom stereocenters. The van der Waals surface area contributed by atoms with E-state index in [-0.39, 0.29) is 11.8 Å². The van der Waals surface area contributed by atoms with E-state index in [0.717, 1.165) is 50.7 Å². The Balaban J connectivity index is 1.12. The van der Waals surface area contributed by atoms with E-state index < -0.39 is 0 Å². The highest BCUT2D eigenvalue weighted by Gasteiger charge is 2.19. The summed E-state index contributed by atoms with van der Waals surface area (Å²) in [4.78, 5) is 9.57. The number of nitrogens with one attached hydrogen (secondary N) is 1. The van der Waals surface area contributed by atoms with Crippen molar-refractivity contribution in [1.29, 1.82) is 5.41 Å². The number of aromatic nitrogens is 1. The van der Waals surface area contributed by atoms with Gasteiger partial charge in [-0.25, -0.2) is 9.98 Å². The lowest BCUT2D eigenvalue weighted by molar-refractivity contribution is 0.668. The third kappa shape index (κ3) is 4.95. The molecule has 0 spiro atoms. The molecule has 1 aliphatic carbocycles. The van der Waals surface area contributed by atoms with Gasteiger partial charge in [0.25, 0.3) is 0 Å². The van der Waals surface area contributed by atoms with E-state index >= 15 is 0 Å². The molecule has 1 aliphatic rings. The van der Waals surface area contributed by atoms with Crippen molar-refractivity contribution in [2.45, 2.75) is 6.42 Å². The van der Waals surface area contributed by atoms with Crippen LogP contribution in [0.4, 0.5) is 0 Å². The Kier molecular flexibility index (Phi) is 6.89. The van der Waals surface area contributed by atoms with Crippen LogP contribution in [-0.2, 0) is 0 Å². The van der Waals surface area contributed by atoms with Crippen molar-refractivity contribution in [2.24, 2.45) is 15.9 Å². The number of para-hydroxylation sites is 1. The van der Waals surface area contributed by atoms with E-state index in [1.165, 1.54) is 36.5 Å². The zero-order valence-corrected chi connectivity index (χ0v) is 28.3. The molecule has 242 valence electrons. The van der Waals surface area contributed by atoms with Gasteiger partial charge in [0.15, 0.2) is 11.7 Å². The average molecular weight is 675 g/mol. The maximum Gasteiger partial charge on any atom is 0.161 e. The van der Waals surface area contributed by atoms with E-state index in [9.17, 15) is 0 Å². The molecule has 0 saturated carbocycles. The Bertz CT molecular complexity index is 2970. The molecule has 0 radical (unpaired) electrons. The summed E-state index contributed by atoms with van der Waals surface area (Å²) < 4.78 is 11.6. The van der Waals surface area contributed by atoms with Crippen molar-refractivity contribution in [2.75, 3.05) is 0 Å². The predicted octanol–water partition coefficient (Wildman–Crippen LogP) is 12.0. The smallest absolute Gasteiger partial charge is 0.161 e. The van der Waals surface area contributed by atoms with Crippen LogP contribution in [0.1, 0.15) is 17.5 Å². The molecule has 0 aliphatic heterocycles. The molecule has 1 N–H and O–H groups in total. The van der Waals surface area contributed by atoms with Crippen molar-refractivity contribution < 1.29 is 4.42 Å². The molecule has 1 unspecified atom stereocenters. The van der Waals surface area contributed by atoms with Gasteiger partial charge in [-0.05, 0) is 42.8 Å². The summed E-state index contributed by atoms with van der Waals surface area (Å²) in [6.45, 7) is 0. The number of thiophene rings is 1. The van der Waals surface area contributed by atoms with Gasteiger partial charge in [0, 0.05) is 72.0 Å². The molecular formula is C45H30N4OS. The molecule has 0 bridgehead atoms. The summed E-state index contributed by atoms with van der Waals surface area (Å²) >= 11 is 1.85. The molecule has 0 saturated heterocycles. The quantitative estimate of drug-likeness (QED) is 0.146. The van der Waals surface area contributed by atoms with Gasteiger partial charge >= 0.3 is 0 Å². The van der Waals surface area contributed by atoms with Gasteiger partial charge in [-0.2, -0.15) is 0 Å². The second-order valence-electron chi connectivity index (χ2n) is 12.9. The normalized spacial score (nSPS) is 15.1. The van der Waals surface area contributed by atoms with E-state index in [0.29, 0.717) is 5.84 Å². The third-order valence-electron chi connectivity index (χ3n) is 9.82. The highest BCUT2D eigenvalue weighted by molar-refractivity contribution is 7.26. The van der Waals surface area contributed by atoms with Gasteiger partial charge in [0.2, 0.25) is 0 Å². The Hall–Kier alpha value is -6.37. The van der Waals surface area contributed by atoms with Crippen LogP contribution in [0, 0.1) is 11.3 Å². The van der Waals surface area contributed by atoms with Gasteiger partial charge in [0.05, 0.1) is 15.7 Å².